The van der Waals surface area contributed by atoms with Gasteiger partial charge in [0.15, 0.2) is 5.65 Å². The van der Waals surface area contributed by atoms with Crippen molar-refractivity contribution in [2.45, 2.75) is 6.18 Å². The van der Waals surface area contributed by atoms with Crippen LogP contribution in [-0.4, -0.2) is 29.0 Å². The van der Waals surface area contributed by atoms with Gasteiger partial charge < -0.3 is 9.47 Å². The molecule has 0 atom stereocenters. The van der Waals surface area contributed by atoms with Gasteiger partial charge in [-0.25, -0.2) is 14.1 Å². The second-order valence-electron chi connectivity index (χ2n) is 6.36. The molecular weight excluding hydrogens is 402 g/mol. The van der Waals surface area contributed by atoms with Crippen LogP contribution in [0.1, 0.15) is 5.56 Å². The molecule has 5 nitrogen and oxygen atoms in total. The molecule has 9 heteroatoms. The Morgan fingerprint density at radius 3 is 2.40 bits per heavy atom. The molecule has 0 aliphatic carbocycles. The van der Waals surface area contributed by atoms with Crippen LogP contribution in [0.2, 0.25) is 0 Å². The molecule has 0 radical (unpaired) electrons. The van der Waals surface area contributed by atoms with Gasteiger partial charge in [-0.3, -0.25) is 0 Å². The number of aromatic nitrogens is 3. The van der Waals surface area contributed by atoms with Crippen LogP contribution in [0.4, 0.5) is 17.6 Å². The summed E-state index contributed by atoms with van der Waals surface area (Å²) < 4.78 is 67.3. The van der Waals surface area contributed by atoms with Crippen LogP contribution >= 0.6 is 0 Å². The van der Waals surface area contributed by atoms with Crippen molar-refractivity contribution in [3.63, 3.8) is 0 Å². The fourth-order valence-electron chi connectivity index (χ4n) is 3.19. The molecule has 0 amide bonds. The lowest BCUT2D eigenvalue weighted by Gasteiger charge is -2.14. The average Bonchev–Trinajstić information content (AvgIpc) is 3.15. The summed E-state index contributed by atoms with van der Waals surface area (Å²) in [5.74, 6) is 0.0961. The largest absolute Gasteiger partial charge is 0.497 e. The lowest BCUT2D eigenvalue weighted by Crippen LogP contribution is -2.08. The maximum absolute atomic E-state index is 14.3. The van der Waals surface area contributed by atoms with E-state index in [2.05, 4.69) is 10.1 Å². The highest BCUT2D eigenvalue weighted by Gasteiger charge is 2.35. The number of hydrogen-bond acceptors (Lipinski definition) is 4. The standard InChI is InChI=1S/C21H15F4N3O2/c1-29-12-7-8-19(30-2)13(9-12)17-10-15(21(23,24)25)14-11-26-28(20(14)27-17)18-6-4-3-5-16(18)22/h3-11H,1-2H3. The van der Waals surface area contributed by atoms with E-state index in [0.29, 0.717) is 17.1 Å². The van der Waals surface area contributed by atoms with Gasteiger partial charge in [0.1, 0.15) is 23.0 Å². The summed E-state index contributed by atoms with van der Waals surface area (Å²) in [6.07, 6.45) is -3.64. The second kappa shape index (κ2) is 7.33. The molecule has 0 spiro atoms. The van der Waals surface area contributed by atoms with Gasteiger partial charge >= 0.3 is 6.18 Å². The number of pyridine rings is 1. The summed E-state index contributed by atoms with van der Waals surface area (Å²) in [5.41, 5.74) is -0.790. The average molecular weight is 417 g/mol. The highest BCUT2D eigenvalue weighted by atomic mass is 19.4. The van der Waals surface area contributed by atoms with E-state index in [9.17, 15) is 17.6 Å². The van der Waals surface area contributed by atoms with E-state index in [0.717, 1.165) is 16.9 Å². The van der Waals surface area contributed by atoms with Gasteiger partial charge in [0.05, 0.1) is 37.1 Å². The van der Waals surface area contributed by atoms with Crippen molar-refractivity contribution in [2.24, 2.45) is 0 Å². The van der Waals surface area contributed by atoms with Crippen LogP contribution in [-0.2, 0) is 6.18 Å². The summed E-state index contributed by atoms with van der Waals surface area (Å²) in [5, 5.41) is 3.73. The van der Waals surface area contributed by atoms with Gasteiger partial charge in [-0.2, -0.15) is 18.3 Å². The van der Waals surface area contributed by atoms with Crippen LogP contribution in [0.5, 0.6) is 11.5 Å². The first-order chi connectivity index (χ1) is 14.3. The molecule has 4 aromatic rings. The van der Waals surface area contributed by atoms with Crippen molar-refractivity contribution < 1.29 is 27.0 Å². The van der Waals surface area contributed by atoms with Gasteiger partial charge in [0, 0.05) is 5.56 Å². The molecule has 2 aromatic carbocycles. The number of rotatable bonds is 4. The van der Waals surface area contributed by atoms with E-state index in [1.54, 1.807) is 18.2 Å². The Balaban J connectivity index is 2.06. The number of nitrogens with zero attached hydrogens (tertiary/aromatic N) is 3. The van der Waals surface area contributed by atoms with Crippen molar-refractivity contribution in [1.82, 2.24) is 14.8 Å². The van der Waals surface area contributed by atoms with Crippen LogP contribution < -0.4 is 9.47 Å². The minimum Gasteiger partial charge on any atom is -0.497 e. The van der Waals surface area contributed by atoms with E-state index >= 15 is 0 Å². The lowest BCUT2D eigenvalue weighted by atomic mass is 10.1. The SMILES string of the molecule is COc1ccc(OC)c(-c2cc(C(F)(F)F)c3cnn(-c4ccccc4F)c3n2)c1. The van der Waals surface area contributed by atoms with Crippen LogP contribution in [0.15, 0.2) is 54.7 Å². The number of hydrogen-bond donors (Lipinski definition) is 0. The zero-order valence-electron chi connectivity index (χ0n) is 15.9. The normalized spacial score (nSPS) is 11.7. The lowest BCUT2D eigenvalue weighted by molar-refractivity contribution is -0.136. The zero-order valence-corrected chi connectivity index (χ0v) is 15.9. The highest BCUT2D eigenvalue weighted by molar-refractivity contribution is 5.85. The number of alkyl halides is 3. The molecule has 4 rings (SSSR count). The molecule has 2 heterocycles. The van der Waals surface area contributed by atoms with Crippen molar-refractivity contribution in [1.29, 1.82) is 0 Å². The van der Waals surface area contributed by atoms with Gasteiger partial charge in [-0.15, -0.1) is 0 Å². The van der Waals surface area contributed by atoms with Crippen LogP contribution in [0.3, 0.4) is 0 Å². The molecule has 154 valence electrons. The monoisotopic (exact) mass is 417 g/mol. The van der Waals surface area contributed by atoms with E-state index in [4.69, 9.17) is 9.47 Å². The van der Waals surface area contributed by atoms with Crippen LogP contribution in [0.25, 0.3) is 28.0 Å². The molecule has 0 saturated heterocycles. The third-order valence-corrected chi connectivity index (χ3v) is 4.61. The fraction of sp³-hybridized carbons (Fsp3) is 0.143. The molecule has 0 aliphatic heterocycles. The van der Waals surface area contributed by atoms with Gasteiger partial charge in [-0.05, 0) is 36.4 Å². The molecule has 30 heavy (non-hydrogen) atoms. The summed E-state index contributed by atoms with van der Waals surface area (Å²) in [4.78, 5) is 4.38. The minimum atomic E-state index is -4.68. The minimum absolute atomic E-state index is 0.0105. The van der Waals surface area contributed by atoms with Gasteiger partial charge in [0.25, 0.3) is 0 Å². The van der Waals surface area contributed by atoms with Gasteiger partial charge in [0.2, 0.25) is 0 Å². The van der Waals surface area contributed by atoms with E-state index in [1.165, 1.54) is 38.5 Å². The van der Waals surface area contributed by atoms with Crippen molar-refractivity contribution >= 4 is 11.0 Å². The van der Waals surface area contributed by atoms with Crippen LogP contribution in [0, 0.1) is 5.82 Å². The number of methoxy groups -OCH3 is 2. The summed E-state index contributed by atoms with van der Waals surface area (Å²) in [7, 11) is 2.84. The Morgan fingerprint density at radius 1 is 0.967 bits per heavy atom. The third kappa shape index (κ3) is 3.32. The second-order valence-corrected chi connectivity index (χ2v) is 6.36. The Morgan fingerprint density at radius 2 is 1.73 bits per heavy atom. The number of ether oxygens (including phenoxy) is 2. The Hall–Kier alpha value is -3.62. The third-order valence-electron chi connectivity index (χ3n) is 4.61. The topological polar surface area (TPSA) is 49.2 Å². The van der Waals surface area contributed by atoms with Crippen molar-refractivity contribution in [3.05, 3.63) is 66.1 Å². The molecule has 0 aliphatic rings. The molecule has 0 bridgehead atoms. The quantitative estimate of drug-likeness (QED) is 0.425. The van der Waals surface area contributed by atoms with E-state index in [1.807, 2.05) is 0 Å². The Labute approximate surface area is 168 Å². The van der Waals surface area contributed by atoms with Gasteiger partial charge in [-0.1, -0.05) is 12.1 Å². The molecule has 0 N–H and O–H groups in total. The number of para-hydroxylation sites is 1. The first-order valence-corrected chi connectivity index (χ1v) is 8.76. The van der Waals surface area contributed by atoms with Crippen molar-refractivity contribution in [3.8, 4) is 28.4 Å². The first kappa shape index (κ1) is 19.7. The highest BCUT2D eigenvalue weighted by Crippen LogP contribution is 2.40. The molecule has 0 fully saturated rings. The molecule has 0 saturated carbocycles. The predicted octanol–water partition coefficient (Wildman–Crippen LogP) is 5.26. The summed E-state index contributed by atoms with van der Waals surface area (Å²) >= 11 is 0. The number of benzene rings is 2. The van der Waals surface area contributed by atoms with E-state index < -0.39 is 17.6 Å². The molecule has 2 aromatic heterocycles. The smallest absolute Gasteiger partial charge is 0.417 e. The predicted molar refractivity (Wildman–Crippen MR) is 102 cm³/mol. The van der Waals surface area contributed by atoms with Crippen molar-refractivity contribution in [2.75, 3.05) is 14.2 Å². The number of fused-ring (bicyclic) bond motifs is 1. The Bertz CT molecular complexity index is 1230. The zero-order chi connectivity index (χ0) is 21.5. The van der Waals surface area contributed by atoms with E-state index in [-0.39, 0.29) is 22.4 Å². The Kier molecular flexibility index (Phi) is 4.81. The molecular formula is C21H15F4N3O2. The number of halogens is 4. The summed E-state index contributed by atoms with van der Waals surface area (Å²) in [6, 6.07) is 11.3. The fourth-order valence-corrected chi connectivity index (χ4v) is 3.19. The first-order valence-electron chi connectivity index (χ1n) is 8.76. The maximum Gasteiger partial charge on any atom is 0.417 e. The molecule has 0 unspecified atom stereocenters. The maximum atomic E-state index is 14.3. The summed E-state index contributed by atoms with van der Waals surface area (Å²) in [6.45, 7) is 0.